The zero-order valence-electron chi connectivity index (χ0n) is 19.1. The summed E-state index contributed by atoms with van der Waals surface area (Å²) >= 11 is 0. The van der Waals surface area contributed by atoms with Gasteiger partial charge in [-0.15, -0.1) is 0 Å². The van der Waals surface area contributed by atoms with E-state index in [1.54, 1.807) is 0 Å². The molecule has 0 radical (unpaired) electrons. The van der Waals surface area contributed by atoms with Gasteiger partial charge in [0, 0.05) is 11.1 Å². The molecule has 2 nitrogen and oxygen atoms in total. The van der Waals surface area contributed by atoms with Gasteiger partial charge in [0.15, 0.2) is 0 Å². The van der Waals surface area contributed by atoms with Gasteiger partial charge >= 0.3 is 0 Å². The predicted molar refractivity (Wildman–Crippen MR) is 126 cm³/mol. The molecule has 3 aromatic rings. The summed E-state index contributed by atoms with van der Waals surface area (Å²) < 4.78 is 2.42. The highest BCUT2D eigenvalue weighted by Crippen LogP contribution is 2.51. The van der Waals surface area contributed by atoms with Gasteiger partial charge < -0.3 is 0 Å². The third-order valence-electron chi connectivity index (χ3n) is 7.05. The molecular weight excluding hydrogens is 364 g/mol. The molecule has 0 spiro atoms. The Morgan fingerprint density at radius 3 is 2.33 bits per heavy atom. The molecule has 2 heterocycles. The van der Waals surface area contributed by atoms with Crippen LogP contribution in [0.5, 0.6) is 0 Å². The van der Waals surface area contributed by atoms with Crippen LogP contribution in [0.3, 0.4) is 0 Å². The molecular formula is C28H30N2. The number of hydrogen-bond acceptors (Lipinski definition) is 1. The van der Waals surface area contributed by atoms with Crippen molar-refractivity contribution >= 4 is 5.57 Å². The number of nitrogens with zero attached hydrogens (tertiary/aromatic N) is 2. The van der Waals surface area contributed by atoms with Crippen LogP contribution < -0.4 is 0 Å². The fourth-order valence-electron chi connectivity index (χ4n) is 5.55. The van der Waals surface area contributed by atoms with Gasteiger partial charge in [0.2, 0.25) is 0 Å². The Labute approximate surface area is 180 Å². The fraction of sp³-hybridized carbons (Fsp3) is 0.321. The molecule has 0 saturated heterocycles. The molecule has 1 aliphatic carbocycles. The molecule has 5 rings (SSSR count). The van der Waals surface area contributed by atoms with Crippen molar-refractivity contribution in [1.29, 1.82) is 0 Å². The van der Waals surface area contributed by atoms with E-state index in [2.05, 4.69) is 102 Å². The van der Waals surface area contributed by atoms with Gasteiger partial charge in [0.1, 0.15) is 5.82 Å². The number of aromatic nitrogens is 2. The standard InChI is InChI=1S/C28H30N2/c1-16-8-9-22-23-13-18(3)21(6)14-28(23,7)27-29-15-25(30(27)24(22)12-16)26-19(4)10-17(2)11-20(26)5/h8-15,18H,1-7H3. The zero-order valence-corrected chi connectivity index (χ0v) is 19.1. The van der Waals surface area contributed by atoms with Crippen LogP contribution in [0.4, 0.5) is 0 Å². The molecule has 152 valence electrons. The van der Waals surface area contributed by atoms with Crippen LogP contribution in [0, 0.1) is 33.6 Å². The van der Waals surface area contributed by atoms with E-state index in [9.17, 15) is 0 Å². The van der Waals surface area contributed by atoms with Crippen LogP contribution in [0.15, 0.2) is 54.3 Å². The quantitative estimate of drug-likeness (QED) is 0.405. The second kappa shape index (κ2) is 6.31. The SMILES string of the molecule is CC1=CC2(C)C(=CC1C)c1ccc(C)cc1-n1c(-c3c(C)cc(C)cc3C)cnc12. The lowest BCUT2D eigenvalue weighted by atomic mass is 9.68. The van der Waals surface area contributed by atoms with Crippen molar-refractivity contribution in [2.45, 2.75) is 53.9 Å². The summed E-state index contributed by atoms with van der Waals surface area (Å²) in [6.45, 7) is 15.6. The van der Waals surface area contributed by atoms with E-state index in [4.69, 9.17) is 4.98 Å². The van der Waals surface area contributed by atoms with E-state index >= 15 is 0 Å². The smallest absolute Gasteiger partial charge is 0.128 e. The van der Waals surface area contributed by atoms with Crippen LogP contribution in [0.2, 0.25) is 0 Å². The lowest BCUT2D eigenvalue weighted by molar-refractivity contribution is 0.636. The Balaban J connectivity index is 1.88. The van der Waals surface area contributed by atoms with Crippen LogP contribution in [-0.4, -0.2) is 9.55 Å². The first-order chi connectivity index (χ1) is 14.2. The fourth-order valence-corrected chi connectivity index (χ4v) is 5.55. The van der Waals surface area contributed by atoms with Crippen LogP contribution >= 0.6 is 0 Å². The van der Waals surface area contributed by atoms with Crippen molar-refractivity contribution in [2.24, 2.45) is 5.92 Å². The summed E-state index contributed by atoms with van der Waals surface area (Å²) in [7, 11) is 0. The predicted octanol–water partition coefficient (Wildman–Crippen LogP) is 7.02. The number of fused-ring (bicyclic) bond motifs is 6. The number of imidazole rings is 1. The van der Waals surface area contributed by atoms with E-state index < -0.39 is 0 Å². The maximum Gasteiger partial charge on any atom is 0.128 e. The Morgan fingerprint density at radius 2 is 1.63 bits per heavy atom. The molecule has 0 amide bonds. The van der Waals surface area contributed by atoms with Gasteiger partial charge in [-0.25, -0.2) is 4.98 Å². The van der Waals surface area contributed by atoms with Gasteiger partial charge in [0.25, 0.3) is 0 Å². The molecule has 0 N–H and O–H groups in total. The monoisotopic (exact) mass is 394 g/mol. The Hall–Kier alpha value is -2.87. The first kappa shape index (κ1) is 19.1. The van der Waals surface area contributed by atoms with Gasteiger partial charge in [-0.1, -0.05) is 54.5 Å². The first-order valence-electron chi connectivity index (χ1n) is 10.9. The van der Waals surface area contributed by atoms with Crippen LogP contribution in [0.1, 0.15) is 54.4 Å². The van der Waals surface area contributed by atoms with E-state index in [1.807, 2.05) is 0 Å². The van der Waals surface area contributed by atoms with E-state index in [-0.39, 0.29) is 5.41 Å². The number of aryl methyl sites for hydroxylation is 4. The summed E-state index contributed by atoms with van der Waals surface area (Å²) in [5.74, 6) is 1.57. The minimum atomic E-state index is -0.219. The topological polar surface area (TPSA) is 17.8 Å². The van der Waals surface area contributed by atoms with Gasteiger partial charge in [0.05, 0.1) is 23.0 Å². The molecule has 0 fully saturated rings. The van der Waals surface area contributed by atoms with E-state index in [0.29, 0.717) is 5.92 Å². The Kier molecular flexibility index (Phi) is 4.02. The summed E-state index contributed by atoms with van der Waals surface area (Å²) in [4.78, 5) is 5.06. The van der Waals surface area contributed by atoms with Crippen molar-refractivity contribution in [3.8, 4) is 16.9 Å². The molecule has 1 aromatic heterocycles. The Bertz CT molecular complexity index is 1240. The molecule has 0 saturated carbocycles. The lowest BCUT2D eigenvalue weighted by Crippen LogP contribution is -2.33. The van der Waals surface area contributed by atoms with Crippen molar-refractivity contribution in [1.82, 2.24) is 9.55 Å². The third kappa shape index (κ3) is 2.52. The molecule has 2 aliphatic rings. The molecule has 2 atom stereocenters. The van der Waals surface area contributed by atoms with Crippen molar-refractivity contribution in [3.63, 3.8) is 0 Å². The lowest BCUT2D eigenvalue weighted by Gasteiger charge is -2.40. The van der Waals surface area contributed by atoms with Gasteiger partial charge in [-0.05, 0) is 75.8 Å². The second-order valence-corrected chi connectivity index (χ2v) is 9.56. The maximum atomic E-state index is 5.06. The van der Waals surface area contributed by atoms with Crippen LogP contribution in [-0.2, 0) is 5.41 Å². The highest BCUT2D eigenvalue weighted by molar-refractivity contribution is 5.87. The largest absolute Gasteiger partial charge is 0.295 e. The maximum absolute atomic E-state index is 5.06. The molecule has 2 unspecified atom stereocenters. The highest BCUT2D eigenvalue weighted by atomic mass is 15.1. The average Bonchev–Trinajstić information content (AvgIpc) is 3.09. The number of rotatable bonds is 1. The minimum Gasteiger partial charge on any atom is -0.295 e. The molecule has 2 heteroatoms. The molecule has 0 bridgehead atoms. The van der Waals surface area contributed by atoms with E-state index in [0.717, 1.165) is 5.82 Å². The van der Waals surface area contributed by atoms with Gasteiger partial charge in [-0.3, -0.25) is 4.57 Å². The molecule has 2 aromatic carbocycles. The summed E-state index contributed by atoms with van der Waals surface area (Å²) in [5.41, 5.74) is 12.8. The van der Waals surface area contributed by atoms with Crippen molar-refractivity contribution in [3.05, 3.63) is 87.9 Å². The zero-order chi connectivity index (χ0) is 21.4. The Morgan fingerprint density at radius 1 is 0.933 bits per heavy atom. The molecule has 30 heavy (non-hydrogen) atoms. The number of hydrogen-bond donors (Lipinski definition) is 0. The summed E-state index contributed by atoms with van der Waals surface area (Å²) in [5, 5.41) is 0. The van der Waals surface area contributed by atoms with Crippen LogP contribution in [0.25, 0.3) is 22.5 Å². The average molecular weight is 395 g/mol. The summed E-state index contributed by atoms with van der Waals surface area (Å²) in [6, 6.07) is 11.4. The minimum absolute atomic E-state index is 0.219. The van der Waals surface area contributed by atoms with Gasteiger partial charge in [-0.2, -0.15) is 0 Å². The third-order valence-corrected chi connectivity index (χ3v) is 7.05. The molecule has 1 aliphatic heterocycles. The normalized spacial score (nSPS) is 22.0. The van der Waals surface area contributed by atoms with Crippen molar-refractivity contribution < 1.29 is 0 Å². The van der Waals surface area contributed by atoms with Crippen molar-refractivity contribution in [2.75, 3.05) is 0 Å². The van der Waals surface area contributed by atoms with E-state index in [1.165, 1.54) is 55.9 Å². The number of benzene rings is 2. The highest BCUT2D eigenvalue weighted by Gasteiger charge is 2.43. The summed E-state index contributed by atoms with van der Waals surface area (Å²) in [6.07, 6.45) is 6.97. The second-order valence-electron chi connectivity index (χ2n) is 9.56. The first-order valence-corrected chi connectivity index (χ1v) is 10.9. The number of allylic oxidation sites excluding steroid dienone is 4.